The van der Waals surface area contributed by atoms with Crippen molar-refractivity contribution in [3.8, 4) is 0 Å². The van der Waals surface area contributed by atoms with E-state index in [-0.39, 0.29) is 29.4 Å². The van der Waals surface area contributed by atoms with E-state index in [4.69, 9.17) is 19.3 Å². The molecule has 2 heterocycles. The summed E-state index contributed by atoms with van der Waals surface area (Å²) in [5, 5.41) is 23.0. The predicted molar refractivity (Wildman–Crippen MR) is 159 cm³/mol. The van der Waals surface area contributed by atoms with Gasteiger partial charge in [0.1, 0.15) is 6.10 Å². The van der Waals surface area contributed by atoms with Crippen LogP contribution in [0.4, 0.5) is 0 Å². The van der Waals surface area contributed by atoms with E-state index < -0.39 is 54.0 Å². The normalized spacial score (nSPS) is 32.4. The number of carboxylic acid groups (broad SMARTS) is 1. The molecule has 1 fully saturated rings. The van der Waals surface area contributed by atoms with Crippen molar-refractivity contribution in [2.75, 3.05) is 27.3 Å². The number of nitrogens with one attached hydrogen (secondary N) is 1. The summed E-state index contributed by atoms with van der Waals surface area (Å²) in [5.74, 6) is -5.39. The number of aliphatic carboxylic acids is 1. The molecule has 0 spiro atoms. The first-order chi connectivity index (χ1) is 20.8. The van der Waals surface area contributed by atoms with Crippen molar-refractivity contribution in [1.29, 1.82) is 0 Å². The van der Waals surface area contributed by atoms with Gasteiger partial charge >= 0.3 is 11.9 Å². The van der Waals surface area contributed by atoms with Crippen LogP contribution in [0.1, 0.15) is 47.0 Å². The minimum atomic E-state index is -1.78. The fourth-order valence-electron chi connectivity index (χ4n) is 5.50. The fourth-order valence-corrected chi connectivity index (χ4v) is 5.50. The molecule has 6 atom stereocenters. The average Bonchev–Trinajstić information content (AvgIpc) is 2.94. The number of carboxylic acids is 1. The first kappa shape index (κ1) is 34.6. The highest BCUT2D eigenvalue weighted by Crippen LogP contribution is 2.32. The number of amides is 1. The number of hydrogen-bond acceptors (Lipinski definition) is 10. The van der Waals surface area contributed by atoms with Crippen molar-refractivity contribution in [3.63, 3.8) is 0 Å². The summed E-state index contributed by atoms with van der Waals surface area (Å²) in [6.45, 7) is 8.10. The number of Topliss-reactive ketones (excluding diaryl/α,β-unsaturated/α-hetero) is 1. The maximum Gasteiger partial charge on any atom is 0.418 e. The largest absolute Gasteiger partial charge is 0.473 e. The van der Waals surface area contributed by atoms with E-state index >= 15 is 0 Å². The third kappa shape index (κ3) is 8.19. The summed E-state index contributed by atoms with van der Waals surface area (Å²) in [5.41, 5.74) is 1.18. The number of likely N-dealkylation sites (tertiary alicyclic amines) is 1. The number of fused-ring (bicyclic) bond motifs is 2. The molecule has 12 heteroatoms. The number of aliphatic hydroxyl groups is 1. The molecule has 1 saturated heterocycles. The van der Waals surface area contributed by atoms with Gasteiger partial charge in [0, 0.05) is 50.4 Å². The summed E-state index contributed by atoms with van der Waals surface area (Å²) in [4.78, 5) is 65.2. The van der Waals surface area contributed by atoms with Gasteiger partial charge in [-0.05, 0) is 44.6 Å². The fraction of sp³-hybridized carbons (Fsp3) is 0.531. The second-order valence-electron chi connectivity index (χ2n) is 11.5. The summed E-state index contributed by atoms with van der Waals surface area (Å²) < 4.78 is 16.4. The van der Waals surface area contributed by atoms with Crippen LogP contribution in [0.2, 0.25) is 0 Å². The lowest BCUT2D eigenvalue weighted by Crippen LogP contribution is -2.43. The number of carbonyl (C=O) groups excluding carboxylic acids is 4. The van der Waals surface area contributed by atoms with Gasteiger partial charge in [-0.3, -0.25) is 14.4 Å². The van der Waals surface area contributed by atoms with Gasteiger partial charge in [-0.1, -0.05) is 38.2 Å². The van der Waals surface area contributed by atoms with E-state index in [1.54, 1.807) is 19.9 Å². The number of rotatable bonds is 4. The second-order valence-corrected chi connectivity index (χ2v) is 11.5. The quantitative estimate of drug-likeness (QED) is 0.183. The molecule has 0 unspecified atom stereocenters. The van der Waals surface area contributed by atoms with Crippen LogP contribution in [-0.2, 0) is 38.2 Å². The molecule has 2 bridgehead atoms. The number of nitrogens with zero attached hydrogens (tertiary/aromatic N) is 1. The SMILES string of the molecule is CO[C@H]1/C=C\C=C(/C)C(=O)NC2=CC(=O)C(N3CCC3)=C(C[C@@H](C)C[C@H](OC)[C@H](O)[C@@H](C)/C=C(\C)[C@@H]1OC(=O)C(=O)O)C2=O. The van der Waals surface area contributed by atoms with Crippen LogP contribution in [0.25, 0.3) is 0 Å². The topological polar surface area (TPSA) is 169 Å². The molecule has 1 amide bonds. The molecule has 0 radical (unpaired) electrons. The Kier molecular flexibility index (Phi) is 12.0. The van der Waals surface area contributed by atoms with Crippen LogP contribution in [0, 0.1) is 11.8 Å². The monoisotopic (exact) mass is 614 g/mol. The van der Waals surface area contributed by atoms with Crippen LogP contribution in [0.15, 0.2) is 58.5 Å². The summed E-state index contributed by atoms with van der Waals surface area (Å²) >= 11 is 0. The van der Waals surface area contributed by atoms with Gasteiger partial charge in [-0.2, -0.15) is 0 Å². The Balaban J connectivity index is 2.08. The lowest BCUT2D eigenvalue weighted by atomic mass is 9.84. The van der Waals surface area contributed by atoms with Crippen molar-refractivity contribution in [1.82, 2.24) is 10.2 Å². The van der Waals surface area contributed by atoms with Crippen molar-refractivity contribution in [2.24, 2.45) is 11.8 Å². The van der Waals surface area contributed by atoms with E-state index in [0.717, 1.165) is 12.5 Å². The van der Waals surface area contributed by atoms with Crippen LogP contribution < -0.4 is 5.32 Å². The Hall–Kier alpha value is -3.87. The Morgan fingerprint density at radius 3 is 2.32 bits per heavy atom. The summed E-state index contributed by atoms with van der Waals surface area (Å²) in [7, 11) is 2.81. The number of allylic oxidation sites excluding steroid dienone is 4. The maximum atomic E-state index is 13.7. The van der Waals surface area contributed by atoms with E-state index in [2.05, 4.69) is 5.32 Å². The van der Waals surface area contributed by atoms with Gasteiger partial charge in [0.05, 0.1) is 23.6 Å². The number of methoxy groups -OCH3 is 2. The van der Waals surface area contributed by atoms with Gasteiger partial charge in [0.25, 0.3) is 5.91 Å². The van der Waals surface area contributed by atoms with E-state index in [9.17, 15) is 29.1 Å². The van der Waals surface area contributed by atoms with Gasteiger partial charge < -0.3 is 34.6 Å². The van der Waals surface area contributed by atoms with Crippen molar-refractivity contribution in [3.05, 3.63) is 58.5 Å². The summed E-state index contributed by atoms with van der Waals surface area (Å²) in [6.07, 6.45) is 4.86. The minimum absolute atomic E-state index is 0.117. The van der Waals surface area contributed by atoms with Crippen LogP contribution in [0.5, 0.6) is 0 Å². The first-order valence-corrected chi connectivity index (χ1v) is 14.6. The Morgan fingerprint density at radius 1 is 1.07 bits per heavy atom. The number of carbonyl (C=O) groups is 5. The second kappa shape index (κ2) is 15.2. The highest BCUT2D eigenvalue weighted by atomic mass is 16.6. The maximum absolute atomic E-state index is 13.7. The number of ketones is 2. The molecule has 0 aromatic heterocycles. The van der Waals surface area contributed by atoms with E-state index in [1.807, 2.05) is 11.8 Å². The number of ether oxygens (including phenoxy) is 3. The first-order valence-electron chi connectivity index (χ1n) is 14.6. The van der Waals surface area contributed by atoms with Crippen LogP contribution in [-0.4, -0.2) is 96.3 Å². The number of hydrogen-bond donors (Lipinski definition) is 3. The third-order valence-electron chi connectivity index (χ3n) is 8.10. The molecule has 3 aliphatic rings. The summed E-state index contributed by atoms with van der Waals surface area (Å²) in [6, 6.07) is 0. The molecular weight excluding hydrogens is 572 g/mol. The third-order valence-corrected chi connectivity index (χ3v) is 8.10. The molecule has 3 N–H and O–H groups in total. The predicted octanol–water partition coefficient (Wildman–Crippen LogP) is 2.00. The molecule has 240 valence electrons. The lowest BCUT2D eigenvalue weighted by Gasteiger charge is -2.37. The Labute approximate surface area is 257 Å². The van der Waals surface area contributed by atoms with Gasteiger partial charge in [-0.25, -0.2) is 9.59 Å². The van der Waals surface area contributed by atoms with E-state index in [1.165, 1.54) is 39.4 Å². The zero-order valence-corrected chi connectivity index (χ0v) is 26.0. The van der Waals surface area contributed by atoms with Crippen molar-refractivity contribution < 1.29 is 48.4 Å². The standard InChI is InChI=1S/C32H42N2O10/c1-17-13-21-26(34-11-8-12-34)23(35)16-22(28(21)37)33-30(38)18(2)9-7-10-24(42-5)29(44-32(41)31(39)40)20(4)15-19(3)27(36)25(14-17)43-6/h7,9-10,15-17,19,24-25,27,29,36H,8,11-14H2,1-6H3,(H,33,38)(H,39,40)/b10-7-,18-9+,20-15+/t17-,19+,24+,25+,27-,29+/m1/s1. The van der Waals surface area contributed by atoms with Gasteiger partial charge in [0.15, 0.2) is 6.10 Å². The van der Waals surface area contributed by atoms with Crippen molar-refractivity contribution >= 4 is 29.4 Å². The highest BCUT2D eigenvalue weighted by Gasteiger charge is 2.36. The van der Waals surface area contributed by atoms with Crippen LogP contribution in [0.3, 0.4) is 0 Å². The molecular formula is C32H42N2O10. The number of aliphatic hydroxyl groups excluding tert-OH is 1. The molecule has 1 aliphatic carbocycles. The van der Waals surface area contributed by atoms with E-state index in [0.29, 0.717) is 36.4 Å². The minimum Gasteiger partial charge on any atom is -0.473 e. The van der Waals surface area contributed by atoms with Crippen molar-refractivity contribution in [2.45, 2.75) is 71.4 Å². The smallest absolute Gasteiger partial charge is 0.418 e. The Morgan fingerprint density at radius 2 is 1.75 bits per heavy atom. The molecule has 0 saturated carbocycles. The molecule has 0 aromatic carbocycles. The molecule has 3 rings (SSSR count). The number of esters is 1. The zero-order chi connectivity index (χ0) is 32.7. The zero-order valence-electron chi connectivity index (χ0n) is 26.0. The average molecular weight is 615 g/mol. The highest BCUT2D eigenvalue weighted by molar-refractivity contribution is 6.28. The molecule has 12 nitrogen and oxygen atoms in total. The molecule has 44 heavy (non-hydrogen) atoms. The lowest BCUT2D eigenvalue weighted by molar-refractivity contribution is -0.168. The van der Waals surface area contributed by atoms with Gasteiger partial charge in [-0.15, -0.1) is 0 Å². The molecule has 2 aliphatic heterocycles. The van der Waals surface area contributed by atoms with Gasteiger partial charge in [0.2, 0.25) is 11.6 Å². The Bertz CT molecular complexity index is 1320. The van der Waals surface area contributed by atoms with Crippen LogP contribution >= 0.6 is 0 Å². The molecule has 0 aromatic rings.